The summed E-state index contributed by atoms with van der Waals surface area (Å²) in [6.07, 6.45) is 3.59. The minimum atomic E-state index is 0.0622. The Morgan fingerprint density at radius 1 is 1.23 bits per heavy atom. The van der Waals surface area contributed by atoms with Crippen molar-refractivity contribution in [2.24, 2.45) is 10.8 Å². The molecule has 0 radical (unpaired) electrons. The van der Waals surface area contributed by atoms with Crippen LogP contribution in [0.2, 0.25) is 0 Å². The molecular formula is C21H28BrN3O. The largest absolute Gasteiger partial charge is 0.339 e. The van der Waals surface area contributed by atoms with Gasteiger partial charge in [-0.15, -0.1) is 0 Å². The zero-order valence-corrected chi connectivity index (χ0v) is 17.9. The summed E-state index contributed by atoms with van der Waals surface area (Å²) in [6, 6.07) is 6.34. The molecule has 1 saturated carbocycles. The van der Waals surface area contributed by atoms with Crippen molar-refractivity contribution in [1.29, 1.82) is 0 Å². The molecule has 4 rings (SSSR count). The van der Waals surface area contributed by atoms with E-state index in [1.165, 1.54) is 12.8 Å². The molecular weight excluding hydrogens is 390 g/mol. The van der Waals surface area contributed by atoms with Crippen LogP contribution in [0.25, 0.3) is 10.9 Å². The molecule has 1 aromatic heterocycles. The molecule has 5 heteroatoms. The lowest BCUT2D eigenvalue weighted by atomic mass is 9.65. The van der Waals surface area contributed by atoms with Crippen LogP contribution in [0, 0.1) is 10.8 Å². The minimum Gasteiger partial charge on any atom is -0.339 e. The fraction of sp³-hybridized carbons (Fsp3) is 0.619. The van der Waals surface area contributed by atoms with E-state index in [0.717, 1.165) is 28.9 Å². The van der Waals surface area contributed by atoms with Gasteiger partial charge in [-0.2, -0.15) is 0 Å². The van der Waals surface area contributed by atoms with Crippen molar-refractivity contribution >= 4 is 32.8 Å². The standard InChI is InChI=1S/C21H28BrN3O/c1-13(2)25-18(26)16-8-14(22)6-7-17(16)23-19(25)24-12-21(5)10-15(24)9-20(3,4)11-21/h6-8,13,15H,9-12H2,1-5H3/t15-,21-/m1/s1. The fourth-order valence-corrected chi connectivity index (χ4v) is 5.88. The molecule has 1 saturated heterocycles. The minimum absolute atomic E-state index is 0.0622. The van der Waals surface area contributed by atoms with Crippen LogP contribution < -0.4 is 10.5 Å². The van der Waals surface area contributed by atoms with Crippen molar-refractivity contribution in [3.8, 4) is 0 Å². The Hall–Kier alpha value is -1.36. The van der Waals surface area contributed by atoms with Crippen molar-refractivity contribution in [3.63, 3.8) is 0 Å². The molecule has 2 aromatic rings. The van der Waals surface area contributed by atoms with Gasteiger partial charge in [-0.05, 0) is 62.1 Å². The molecule has 26 heavy (non-hydrogen) atoms. The van der Waals surface area contributed by atoms with Crippen LogP contribution in [-0.4, -0.2) is 22.1 Å². The molecule has 2 fully saturated rings. The summed E-state index contributed by atoms with van der Waals surface area (Å²) in [5, 5.41) is 0.686. The Morgan fingerprint density at radius 2 is 1.96 bits per heavy atom. The molecule has 1 aromatic carbocycles. The Labute approximate surface area is 163 Å². The predicted octanol–water partition coefficient (Wildman–Crippen LogP) is 5.14. The van der Waals surface area contributed by atoms with Crippen LogP contribution in [0.15, 0.2) is 27.5 Å². The molecule has 140 valence electrons. The van der Waals surface area contributed by atoms with Gasteiger partial charge in [0.25, 0.3) is 5.56 Å². The highest BCUT2D eigenvalue weighted by Gasteiger charge is 2.50. The summed E-state index contributed by atoms with van der Waals surface area (Å²) in [5.41, 5.74) is 1.50. The van der Waals surface area contributed by atoms with Gasteiger partial charge in [0.2, 0.25) is 5.95 Å². The number of nitrogens with zero attached hydrogens (tertiary/aromatic N) is 3. The van der Waals surface area contributed by atoms with E-state index >= 15 is 0 Å². The van der Waals surface area contributed by atoms with Crippen molar-refractivity contribution in [2.45, 2.75) is 66.0 Å². The van der Waals surface area contributed by atoms with Gasteiger partial charge >= 0.3 is 0 Å². The van der Waals surface area contributed by atoms with Gasteiger partial charge in [-0.25, -0.2) is 4.98 Å². The SMILES string of the molecule is CC(C)n1c(N2C[C@]3(C)C[C@H]2CC(C)(C)C3)nc2ccc(Br)cc2c1=O. The van der Waals surface area contributed by atoms with Crippen molar-refractivity contribution in [3.05, 3.63) is 33.0 Å². The van der Waals surface area contributed by atoms with Gasteiger partial charge in [-0.3, -0.25) is 9.36 Å². The number of rotatable bonds is 2. The zero-order chi connectivity index (χ0) is 18.9. The normalized spacial score (nSPS) is 27.5. The molecule has 2 bridgehead atoms. The Balaban J connectivity index is 1.90. The van der Waals surface area contributed by atoms with Gasteiger partial charge in [-0.1, -0.05) is 36.7 Å². The number of benzene rings is 1. The highest BCUT2D eigenvalue weighted by Crippen LogP contribution is 2.53. The van der Waals surface area contributed by atoms with Crippen LogP contribution in [0.5, 0.6) is 0 Å². The number of aromatic nitrogens is 2. The van der Waals surface area contributed by atoms with E-state index in [9.17, 15) is 4.79 Å². The average Bonchev–Trinajstić information content (AvgIpc) is 2.76. The summed E-state index contributed by atoms with van der Waals surface area (Å²) in [7, 11) is 0. The Bertz CT molecular complexity index is 933. The number of hydrogen-bond donors (Lipinski definition) is 0. The van der Waals surface area contributed by atoms with Crippen LogP contribution in [0.4, 0.5) is 5.95 Å². The molecule has 0 unspecified atom stereocenters. The molecule has 0 N–H and O–H groups in total. The maximum absolute atomic E-state index is 13.3. The number of anilines is 1. The van der Waals surface area contributed by atoms with Gasteiger partial charge in [0.05, 0.1) is 10.9 Å². The second kappa shape index (κ2) is 5.82. The third-order valence-electron chi connectivity index (χ3n) is 6.03. The summed E-state index contributed by atoms with van der Waals surface area (Å²) in [5.74, 6) is 0.853. The summed E-state index contributed by atoms with van der Waals surface area (Å²) < 4.78 is 2.81. The maximum atomic E-state index is 13.3. The van der Waals surface area contributed by atoms with E-state index in [1.54, 1.807) is 0 Å². The average molecular weight is 418 g/mol. The topological polar surface area (TPSA) is 38.1 Å². The lowest BCUT2D eigenvalue weighted by Crippen LogP contribution is -2.38. The zero-order valence-electron chi connectivity index (χ0n) is 16.3. The number of halogens is 1. The maximum Gasteiger partial charge on any atom is 0.263 e. The van der Waals surface area contributed by atoms with Crippen LogP contribution >= 0.6 is 15.9 Å². The Kier molecular flexibility index (Phi) is 4.03. The van der Waals surface area contributed by atoms with Gasteiger partial charge in [0.15, 0.2) is 0 Å². The monoisotopic (exact) mass is 417 g/mol. The van der Waals surface area contributed by atoms with Crippen LogP contribution in [-0.2, 0) is 0 Å². The summed E-state index contributed by atoms with van der Waals surface area (Å²) in [4.78, 5) is 20.7. The third-order valence-corrected chi connectivity index (χ3v) is 6.53. The first kappa shape index (κ1) is 18.0. The third kappa shape index (κ3) is 2.88. The quantitative estimate of drug-likeness (QED) is 0.678. The second-order valence-electron chi connectivity index (χ2n) is 9.68. The molecule has 1 aliphatic heterocycles. The van der Waals surface area contributed by atoms with Crippen LogP contribution in [0.1, 0.15) is 59.9 Å². The van der Waals surface area contributed by atoms with Crippen molar-refractivity contribution in [2.75, 3.05) is 11.4 Å². The molecule has 4 nitrogen and oxygen atoms in total. The smallest absolute Gasteiger partial charge is 0.263 e. The first-order valence-electron chi connectivity index (χ1n) is 9.57. The molecule has 2 atom stereocenters. The van der Waals surface area contributed by atoms with Gasteiger partial charge < -0.3 is 4.90 Å². The van der Waals surface area contributed by atoms with E-state index in [4.69, 9.17) is 4.98 Å². The lowest BCUT2D eigenvalue weighted by molar-refractivity contribution is 0.136. The first-order chi connectivity index (χ1) is 12.1. The van der Waals surface area contributed by atoms with Crippen molar-refractivity contribution < 1.29 is 0 Å². The second-order valence-corrected chi connectivity index (χ2v) is 10.6. The van der Waals surface area contributed by atoms with Crippen molar-refractivity contribution in [1.82, 2.24) is 9.55 Å². The predicted molar refractivity (Wildman–Crippen MR) is 111 cm³/mol. The number of fused-ring (bicyclic) bond motifs is 3. The lowest BCUT2D eigenvalue weighted by Gasteiger charge is -2.39. The number of hydrogen-bond acceptors (Lipinski definition) is 3. The molecule has 0 amide bonds. The summed E-state index contributed by atoms with van der Waals surface area (Å²) in [6.45, 7) is 12.3. The van der Waals surface area contributed by atoms with E-state index in [-0.39, 0.29) is 11.6 Å². The summed E-state index contributed by atoms with van der Waals surface area (Å²) >= 11 is 3.48. The van der Waals surface area contributed by atoms with E-state index in [0.29, 0.717) is 22.3 Å². The highest BCUT2D eigenvalue weighted by molar-refractivity contribution is 9.10. The van der Waals surface area contributed by atoms with E-state index < -0.39 is 0 Å². The highest BCUT2D eigenvalue weighted by atomic mass is 79.9. The van der Waals surface area contributed by atoms with Gasteiger partial charge in [0.1, 0.15) is 0 Å². The first-order valence-corrected chi connectivity index (χ1v) is 10.4. The van der Waals surface area contributed by atoms with E-state index in [1.807, 2.05) is 22.8 Å². The molecule has 0 spiro atoms. The van der Waals surface area contributed by atoms with Crippen LogP contribution in [0.3, 0.4) is 0 Å². The Morgan fingerprint density at radius 3 is 2.65 bits per heavy atom. The molecule has 2 aliphatic rings. The van der Waals surface area contributed by atoms with Gasteiger partial charge in [0, 0.05) is 23.1 Å². The fourth-order valence-electron chi connectivity index (χ4n) is 5.52. The van der Waals surface area contributed by atoms with E-state index in [2.05, 4.69) is 55.4 Å². The molecule has 1 aliphatic carbocycles. The molecule has 2 heterocycles.